The normalized spacial score (nSPS) is 15.7. The number of piperazine rings is 1. The molecule has 3 heterocycles. The zero-order valence-electron chi connectivity index (χ0n) is 18.0. The van der Waals surface area contributed by atoms with Gasteiger partial charge in [0, 0.05) is 48.9 Å². The van der Waals surface area contributed by atoms with Crippen LogP contribution in [0.1, 0.15) is 16.8 Å². The van der Waals surface area contributed by atoms with Gasteiger partial charge in [0.05, 0.1) is 12.1 Å². The predicted molar refractivity (Wildman–Crippen MR) is 131 cm³/mol. The second-order valence-electron chi connectivity index (χ2n) is 8.04. The fraction of sp³-hybridized carbons (Fsp3) is 0.333. The number of halogens is 1. The number of thioether (sulfide) groups is 1. The van der Waals surface area contributed by atoms with Gasteiger partial charge in [-0.3, -0.25) is 9.69 Å². The Morgan fingerprint density at radius 1 is 1.03 bits per heavy atom. The summed E-state index contributed by atoms with van der Waals surface area (Å²) in [4.78, 5) is 21.8. The first-order valence-electron chi connectivity index (χ1n) is 10.8. The highest BCUT2D eigenvalue weighted by Crippen LogP contribution is 2.33. The Bertz CT molecular complexity index is 1110. The van der Waals surface area contributed by atoms with Crippen LogP contribution in [0.25, 0.3) is 0 Å². The maximum absolute atomic E-state index is 12.8. The maximum atomic E-state index is 12.8. The van der Waals surface area contributed by atoms with Crippen LogP contribution >= 0.6 is 34.7 Å². The summed E-state index contributed by atoms with van der Waals surface area (Å²) in [5, 5.41) is 2.74. The Labute approximate surface area is 206 Å². The molecule has 1 fully saturated rings. The highest BCUT2D eigenvalue weighted by Gasteiger charge is 2.23. The van der Waals surface area contributed by atoms with Gasteiger partial charge in [0.1, 0.15) is 4.34 Å². The molecular weight excluding hydrogens is 478 g/mol. The van der Waals surface area contributed by atoms with E-state index in [1.165, 1.54) is 11.1 Å². The van der Waals surface area contributed by atoms with Gasteiger partial charge in [-0.05, 0) is 35.4 Å². The van der Waals surface area contributed by atoms with Gasteiger partial charge in [-0.15, -0.1) is 11.3 Å². The average molecular weight is 502 g/mol. The van der Waals surface area contributed by atoms with Crippen LogP contribution in [0.15, 0.2) is 52.2 Å². The minimum atomic E-state index is 0.150. The summed E-state index contributed by atoms with van der Waals surface area (Å²) in [6, 6.07) is 13.9. The number of fused-ring (bicyclic) bond motifs is 1. The molecule has 0 radical (unpaired) electrons. The fourth-order valence-corrected chi connectivity index (χ4v) is 5.81. The summed E-state index contributed by atoms with van der Waals surface area (Å²) in [5.41, 5.74) is 3.26. The Hall–Kier alpha value is -2.26. The van der Waals surface area contributed by atoms with E-state index in [1.54, 1.807) is 23.1 Å². The summed E-state index contributed by atoms with van der Waals surface area (Å²) in [6.07, 6.45) is 0.361. The molecule has 2 aromatic carbocycles. The third kappa shape index (κ3) is 5.81. The molecule has 9 heteroatoms. The third-order valence-electron chi connectivity index (χ3n) is 5.71. The van der Waals surface area contributed by atoms with Crippen LogP contribution in [-0.4, -0.2) is 53.7 Å². The van der Waals surface area contributed by atoms with E-state index in [1.807, 2.05) is 46.7 Å². The van der Waals surface area contributed by atoms with E-state index in [2.05, 4.69) is 16.0 Å². The second kappa shape index (κ2) is 10.3. The molecule has 5 rings (SSSR count). The Balaban J connectivity index is 1.07. The topological polar surface area (TPSA) is 54.9 Å². The third-order valence-corrected chi connectivity index (χ3v) is 8.10. The predicted octanol–water partition coefficient (Wildman–Crippen LogP) is 4.70. The number of aromatic nitrogens is 1. The number of benzene rings is 2. The highest BCUT2D eigenvalue weighted by atomic mass is 35.5. The number of hydrogen-bond acceptors (Lipinski definition) is 7. The van der Waals surface area contributed by atoms with Gasteiger partial charge in [-0.1, -0.05) is 41.6 Å². The standard InChI is InChI=1S/C24H24ClN3O3S2/c25-19-4-1-17(2-5-19)14-32-24-26-20(15-33-24)12-23(29)28-9-7-27(8-10-28)13-18-3-6-21-22(11-18)31-16-30-21/h1-6,11,15H,7-10,12-14,16H2. The minimum absolute atomic E-state index is 0.150. The largest absolute Gasteiger partial charge is 0.454 e. The first kappa shape index (κ1) is 22.5. The lowest BCUT2D eigenvalue weighted by atomic mass is 10.1. The SMILES string of the molecule is O=C(Cc1csc(SCc2ccc(Cl)cc2)n1)N1CCN(Cc2ccc3c(c2)OCO3)CC1. The van der Waals surface area contributed by atoms with Crippen molar-refractivity contribution in [3.8, 4) is 11.5 Å². The van der Waals surface area contributed by atoms with Crippen LogP contribution in [0.3, 0.4) is 0 Å². The van der Waals surface area contributed by atoms with Gasteiger partial charge in [-0.25, -0.2) is 4.98 Å². The van der Waals surface area contributed by atoms with Crippen molar-refractivity contribution in [1.29, 1.82) is 0 Å². The summed E-state index contributed by atoms with van der Waals surface area (Å²) < 4.78 is 11.8. The Morgan fingerprint density at radius 3 is 2.61 bits per heavy atom. The highest BCUT2D eigenvalue weighted by molar-refractivity contribution is 8.00. The van der Waals surface area contributed by atoms with Crippen LogP contribution in [0.5, 0.6) is 11.5 Å². The van der Waals surface area contributed by atoms with Gasteiger partial charge in [0.2, 0.25) is 12.7 Å². The van der Waals surface area contributed by atoms with Crippen molar-refractivity contribution in [3.63, 3.8) is 0 Å². The number of thiazole rings is 1. The molecule has 0 atom stereocenters. The molecule has 2 aliphatic rings. The van der Waals surface area contributed by atoms with Crippen LogP contribution in [0, 0.1) is 0 Å². The van der Waals surface area contributed by atoms with E-state index < -0.39 is 0 Å². The Morgan fingerprint density at radius 2 is 1.79 bits per heavy atom. The maximum Gasteiger partial charge on any atom is 0.231 e. The van der Waals surface area contributed by atoms with Crippen LogP contribution < -0.4 is 9.47 Å². The molecule has 0 bridgehead atoms. The number of nitrogens with zero attached hydrogens (tertiary/aromatic N) is 3. The number of hydrogen-bond donors (Lipinski definition) is 0. The molecule has 33 heavy (non-hydrogen) atoms. The molecule has 0 spiro atoms. The molecule has 0 saturated carbocycles. The first-order valence-corrected chi connectivity index (χ1v) is 13.1. The van der Waals surface area contributed by atoms with Crippen LogP contribution in [0.2, 0.25) is 5.02 Å². The first-order chi connectivity index (χ1) is 16.1. The second-order valence-corrected chi connectivity index (χ2v) is 10.6. The average Bonchev–Trinajstić information content (AvgIpc) is 3.48. The van der Waals surface area contributed by atoms with E-state index in [4.69, 9.17) is 21.1 Å². The van der Waals surface area contributed by atoms with E-state index in [0.717, 1.165) is 65.0 Å². The van der Waals surface area contributed by atoms with E-state index in [9.17, 15) is 4.79 Å². The van der Waals surface area contributed by atoms with E-state index in [-0.39, 0.29) is 5.91 Å². The van der Waals surface area contributed by atoms with Crippen molar-refractivity contribution in [3.05, 3.63) is 69.7 Å². The van der Waals surface area contributed by atoms with Crippen LogP contribution in [-0.2, 0) is 23.5 Å². The zero-order chi connectivity index (χ0) is 22.6. The Kier molecular flexibility index (Phi) is 7.06. The van der Waals surface area contributed by atoms with Crippen molar-refractivity contribution in [2.75, 3.05) is 33.0 Å². The molecule has 3 aromatic rings. The van der Waals surface area contributed by atoms with E-state index >= 15 is 0 Å². The van der Waals surface area contributed by atoms with E-state index in [0.29, 0.717) is 13.2 Å². The molecule has 1 saturated heterocycles. The monoisotopic (exact) mass is 501 g/mol. The van der Waals surface area contributed by atoms with Gasteiger partial charge in [0.15, 0.2) is 11.5 Å². The summed E-state index contributed by atoms with van der Waals surface area (Å²) in [6.45, 7) is 4.34. The smallest absolute Gasteiger partial charge is 0.231 e. The summed E-state index contributed by atoms with van der Waals surface area (Å²) in [7, 11) is 0. The molecule has 0 unspecified atom stereocenters. The lowest BCUT2D eigenvalue weighted by Crippen LogP contribution is -2.48. The molecule has 172 valence electrons. The molecular formula is C24H24ClN3O3S2. The van der Waals surface area contributed by atoms with Crippen molar-refractivity contribution in [2.24, 2.45) is 0 Å². The van der Waals surface area contributed by atoms with Gasteiger partial charge in [-0.2, -0.15) is 0 Å². The van der Waals surface area contributed by atoms with Crippen molar-refractivity contribution >= 4 is 40.6 Å². The van der Waals surface area contributed by atoms with Crippen LogP contribution in [0.4, 0.5) is 0 Å². The van der Waals surface area contributed by atoms with Crippen molar-refractivity contribution < 1.29 is 14.3 Å². The lowest BCUT2D eigenvalue weighted by molar-refractivity contribution is -0.132. The van der Waals surface area contributed by atoms with Gasteiger partial charge < -0.3 is 14.4 Å². The summed E-state index contributed by atoms with van der Waals surface area (Å²) >= 11 is 9.23. The molecule has 2 aliphatic heterocycles. The molecule has 1 amide bonds. The molecule has 1 aromatic heterocycles. The van der Waals surface area contributed by atoms with Crippen molar-refractivity contribution in [2.45, 2.75) is 23.1 Å². The number of rotatable bonds is 7. The molecule has 6 nitrogen and oxygen atoms in total. The number of ether oxygens (including phenoxy) is 2. The van der Waals surface area contributed by atoms with Gasteiger partial charge >= 0.3 is 0 Å². The lowest BCUT2D eigenvalue weighted by Gasteiger charge is -2.34. The molecule has 0 N–H and O–H groups in total. The van der Waals surface area contributed by atoms with Crippen molar-refractivity contribution in [1.82, 2.24) is 14.8 Å². The van der Waals surface area contributed by atoms with Gasteiger partial charge in [0.25, 0.3) is 0 Å². The number of amides is 1. The molecule has 0 aliphatic carbocycles. The quantitative estimate of drug-likeness (QED) is 0.437. The number of carbonyl (C=O) groups excluding carboxylic acids is 1. The number of carbonyl (C=O) groups is 1. The summed E-state index contributed by atoms with van der Waals surface area (Å²) in [5.74, 6) is 2.61. The zero-order valence-corrected chi connectivity index (χ0v) is 20.4. The fourth-order valence-electron chi connectivity index (χ4n) is 3.88. The minimum Gasteiger partial charge on any atom is -0.454 e.